The number of aromatic nitrogens is 2. The highest BCUT2D eigenvalue weighted by molar-refractivity contribution is 4.59. The molecule has 1 N–H and O–H groups in total. The summed E-state index contributed by atoms with van der Waals surface area (Å²) in [6, 6.07) is 0.686. The van der Waals surface area contributed by atoms with Crippen molar-refractivity contribution in [2.24, 2.45) is 0 Å². The van der Waals surface area contributed by atoms with Crippen LogP contribution in [0.15, 0.2) is 18.7 Å². The van der Waals surface area contributed by atoms with E-state index >= 15 is 0 Å². The summed E-state index contributed by atoms with van der Waals surface area (Å²) in [6.45, 7) is 4.47. The molecule has 0 bridgehead atoms. The van der Waals surface area contributed by atoms with Gasteiger partial charge in [-0.05, 0) is 12.8 Å². The molecule has 0 fully saturated rings. The van der Waals surface area contributed by atoms with Crippen molar-refractivity contribution < 1.29 is 21.5 Å². The molecule has 2 nitrogen and oxygen atoms in total. The highest BCUT2D eigenvalue weighted by atomic mass is 79.9. The molecule has 1 unspecified atom stereocenters. The number of hydrogen-bond acceptors (Lipinski definition) is 0. The highest BCUT2D eigenvalue weighted by Gasteiger charge is 2.10. The minimum absolute atomic E-state index is 0. The van der Waals surface area contributed by atoms with Gasteiger partial charge in [0.25, 0.3) is 0 Å². The van der Waals surface area contributed by atoms with Gasteiger partial charge in [-0.2, -0.15) is 0 Å². The van der Waals surface area contributed by atoms with E-state index in [1.807, 2.05) is 12.5 Å². The van der Waals surface area contributed by atoms with Crippen LogP contribution in [-0.2, 0) is 0 Å². The fraction of sp³-hybridized carbons (Fsp3) is 0.667. The van der Waals surface area contributed by atoms with E-state index in [9.17, 15) is 0 Å². The summed E-state index contributed by atoms with van der Waals surface area (Å²) >= 11 is 0. The van der Waals surface area contributed by atoms with Gasteiger partial charge >= 0.3 is 0 Å². The first kappa shape index (κ1) is 11.7. The topological polar surface area (TPSA) is 19.7 Å². The molecule has 0 radical (unpaired) electrons. The molecule has 70 valence electrons. The number of H-pyrrole nitrogens is 1. The average molecular weight is 233 g/mol. The molecule has 0 spiro atoms. The van der Waals surface area contributed by atoms with E-state index in [2.05, 4.69) is 29.6 Å². The van der Waals surface area contributed by atoms with Gasteiger partial charge in [0.1, 0.15) is 18.4 Å². The Hall–Kier alpha value is -0.310. The molecule has 0 saturated carbocycles. The van der Waals surface area contributed by atoms with Gasteiger partial charge < -0.3 is 17.0 Å². The third-order valence-electron chi connectivity index (χ3n) is 2.08. The van der Waals surface area contributed by atoms with Crippen LogP contribution in [0, 0.1) is 0 Å². The summed E-state index contributed by atoms with van der Waals surface area (Å²) in [4.78, 5) is 3.07. The molecule has 1 rings (SSSR count). The van der Waals surface area contributed by atoms with E-state index in [1.165, 1.54) is 19.3 Å². The lowest BCUT2D eigenvalue weighted by Crippen LogP contribution is -3.00. The quantitative estimate of drug-likeness (QED) is 0.647. The summed E-state index contributed by atoms with van der Waals surface area (Å²) in [5.74, 6) is 0. The van der Waals surface area contributed by atoms with Crippen LogP contribution in [0.2, 0.25) is 0 Å². The van der Waals surface area contributed by atoms with Crippen molar-refractivity contribution in [3.05, 3.63) is 18.7 Å². The molecule has 0 aliphatic heterocycles. The van der Waals surface area contributed by atoms with Crippen molar-refractivity contribution in [2.45, 2.75) is 39.2 Å². The lowest BCUT2D eigenvalue weighted by molar-refractivity contribution is -0.722. The number of rotatable bonds is 4. The average Bonchev–Trinajstić information content (AvgIpc) is 2.52. The van der Waals surface area contributed by atoms with Crippen LogP contribution in [0.4, 0.5) is 0 Å². The highest BCUT2D eigenvalue weighted by Crippen LogP contribution is 2.08. The second kappa shape index (κ2) is 6.23. The lowest BCUT2D eigenvalue weighted by atomic mass is 10.1. The van der Waals surface area contributed by atoms with Crippen molar-refractivity contribution in [1.82, 2.24) is 4.98 Å². The first-order valence-corrected chi connectivity index (χ1v) is 4.42. The summed E-state index contributed by atoms with van der Waals surface area (Å²) in [5.41, 5.74) is 0. The summed E-state index contributed by atoms with van der Waals surface area (Å²) in [5, 5.41) is 0. The molecule has 1 atom stereocenters. The van der Waals surface area contributed by atoms with Crippen LogP contribution in [0.25, 0.3) is 0 Å². The summed E-state index contributed by atoms with van der Waals surface area (Å²) in [6.07, 6.45) is 9.86. The predicted molar refractivity (Wildman–Crippen MR) is 45.2 cm³/mol. The maximum absolute atomic E-state index is 3.07. The van der Waals surface area contributed by atoms with Crippen molar-refractivity contribution in [1.29, 1.82) is 0 Å². The molecule has 0 amide bonds. The molecule has 0 saturated heterocycles. The fourth-order valence-electron chi connectivity index (χ4n) is 1.43. The number of nitrogens with zero attached hydrogens (tertiary/aromatic N) is 1. The Kier molecular flexibility index (Phi) is 6.07. The van der Waals surface area contributed by atoms with E-state index in [0.29, 0.717) is 6.04 Å². The van der Waals surface area contributed by atoms with Gasteiger partial charge in [0.05, 0.1) is 0 Å². The maximum Gasteiger partial charge on any atom is 0.241 e. The Bertz CT molecular complexity index is 184. The van der Waals surface area contributed by atoms with Crippen molar-refractivity contribution >= 4 is 0 Å². The Morgan fingerprint density at radius 3 is 2.58 bits per heavy atom. The standard InChI is InChI=1S/C9H16N2.BrH/c1-3-5-9(4-2)11-7-6-10-8-11;/h6-9H,3-5H2,1-2H3;1H. The summed E-state index contributed by atoms with van der Waals surface area (Å²) < 4.78 is 2.25. The Morgan fingerprint density at radius 1 is 1.42 bits per heavy atom. The van der Waals surface area contributed by atoms with Gasteiger partial charge in [-0.15, -0.1) is 0 Å². The molecule has 12 heavy (non-hydrogen) atoms. The van der Waals surface area contributed by atoms with Gasteiger partial charge in [0.15, 0.2) is 0 Å². The third kappa shape index (κ3) is 2.97. The predicted octanol–water partition coefficient (Wildman–Crippen LogP) is -0.943. The van der Waals surface area contributed by atoms with Crippen molar-refractivity contribution in [3.8, 4) is 0 Å². The zero-order valence-electron chi connectivity index (χ0n) is 7.76. The number of nitrogens with one attached hydrogen (secondary N) is 1. The van der Waals surface area contributed by atoms with Crippen LogP contribution in [0.3, 0.4) is 0 Å². The molecular formula is C9H17BrN2. The SMILES string of the molecule is CCCC(CC)[n+]1cc[nH]c1.[Br-]. The molecule has 0 aliphatic rings. The minimum atomic E-state index is 0. The number of imidazole rings is 1. The molecule has 0 aliphatic carbocycles. The van der Waals surface area contributed by atoms with Gasteiger partial charge in [-0.1, -0.05) is 20.3 Å². The summed E-state index contributed by atoms with van der Waals surface area (Å²) in [7, 11) is 0. The van der Waals surface area contributed by atoms with Crippen LogP contribution < -0.4 is 21.5 Å². The van der Waals surface area contributed by atoms with Crippen LogP contribution in [0.1, 0.15) is 39.2 Å². The Labute approximate surface area is 84.8 Å². The lowest BCUT2D eigenvalue weighted by Gasteiger charge is -2.08. The minimum Gasteiger partial charge on any atom is -1.00 e. The monoisotopic (exact) mass is 232 g/mol. The normalized spacial score (nSPS) is 12.2. The first-order chi connectivity index (χ1) is 5.38. The van der Waals surface area contributed by atoms with E-state index in [4.69, 9.17) is 0 Å². The second-order valence-corrected chi connectivity index (χ2v) is 2.91. The van der Waals surface area contributed by atoms with Gasteiger partial charge in [-0.3, -0.25) is 4.98 Å². The molecule has 3 heteroatoms. The van der Waals surface area contributed by atoms with Crippen molar-refractivity contribution in [2.75, 3.05) is 0 Å². The molecule has 1 aromatic heterocycles. The van der Waals surface area contributed by atoms with Gasteiger partial charge in [0, 0.05) is 0 Å². The van der Waals surface area contributed by atoms with E-state index in [0.717, 1.165) is 0 Å². The molecular weight excluding hydrogens is 216 g/mol. The largest absolute Gasteiger partial charge is 1.00 e. The first-order valence-electron chi connectivity index (χ1n) is 4.42. The Balaban J connectivity index is 0.00000121. The fourth-order valence-corrected chi connectivity index (χ4v) is 1.43. The zero-order chi connectivity index (χ0) is 8.10. The van der Waals surface area contributed by atoms with Crippen LogP contribution >= 0.6 is 0 Å². The van der Waals surface area contributed by atoms with E-state index < -0.39 is 0 Å². The van der Waals surface area contributed by atoms with E-state index in [-0.39, 0.29) is 17.0 Å². The molecule has 0 aromatic carbocycles. The van der Waals surface area contributed by atoms with Gasteiger partial charge in [-0.25, -0.2) is 4.57 Å². The molecule has 1 heterocycles. The van der Waals surface area contributed by atoms with Crippen molar-refractivity contribution in [3.63, 3.8) is 0 Å². The van der Waals surface area contributed by atoms with Crippen LogP contribution in [0.5, 0.6) is 0 Å². The van der Waals surface area contributed by atoms with Gasteiger partial charge in [0.2, 0.25) is 6.33 Å². The second-order valence-electron chi connectivity index (χ2n) is 2.91. The zero-order valence-corrected chi connectivity index (χ0v) is 9.34. The number of hydrogen-bond donors (Lipinski definition) is 1. The Morgan fingerprint density at radius 2 is 2.17 bits per heavy atom. The third-order valence-corrected chi connectivity index (χ3v) is 2.08. The number of aromatic amines is 1. The maximum atomic E-state index is 3.07. The molecule has 1 aromatic rings. The van der Waals surface area contributed by atoms with Crippen LogP contribution in [-0.4, -0.2) is 4.98 Å². The van der Waals surface area contributed by atoms with E-state index in [1.54, 1.807) is 0 Å². The number of halogens is 1. The smallest absolute Gasteiger partial charge is 0.241 e.